The molecule has 134 valence electrons. The van der Waals surface area contributed by atoms with Crippen molar-refractivity contribution in [3.8, 4) is 11.1 Å². The van der Waals surface area contributed by atoms with Crippen LogP contribution in [0.3, 0.4) is 0 Å². The number of nitrogens with zero attached hydrogens (tertiary/aromatic N) is 1. The third kappa shape index (κ3) is 2.95. The fourth-order valence-electron chi connectivity index (χ4n) is 3.89. The Bertz CT molecular complexity index is 858. The smallest absolute Gasteiger partial charge is 0.253 e. The predicted molar refractivity (Wildman–Crippen MR) is 100 cm³/mol. The summed E-state index contributed by atoms with van der Waals surface area (Å²) in [7, 11) is 0. The summed E-state index contributed by atoms with van der Waals surface area (Å²) in [5.41, 5.74) is 3.81. The van der Waals surface area contributed by atoms with E-state index in [1.165, 1.54) is 0 Å². The van der Waals surface area contributed by atoms with Gasteiger partial charge in [0.1, 0.15) is 0 Å². The molecule has 0 N–H and O–H groups in total. The summed E-state index contributed by atoms with van der Waals surface area (Å²) in [5, 5.41) is 0. The summed E-state index contributed by atoms with van der Waals surface area (Å²) in [6.45, 7) is 4.20. The van der Waals surface area contributed by atoms with Gasteiger partial charge in [0.25, 0.3) is 5.91 Å². The molecule has 1 amide bonds. The number of carbonyl (C=O) groups is 2. The Hall–Kier alpha value is -2.46. The van der Waals surface area contributed by atoms with Crippen LogP contribution in [-0.2, 0) is 4.74 Å². The number of fused-ring (bicyclic) bond motifs is 3. The van der Waals surface area contributed by atoms with Gasteiger partial charge in [-0.15, -0.1) is 0 Å². The SMILES string of the molecule is CCCOC1CCCN(C(=O)c2ccc3c(c2)C(=O)c2ccccc2-3)C1. The Labute approximate surface area is 153 Å². The van der Waals surface area contributed by atoms with E-state index in [1.807, 2.05) is 41.3 Å². The Morgan fingerprint density at radius 3 is 2.69 bits per heavy atom. The number of rotatable bonds is 4. The molecule has 1 saturated heterocycles. The number of benzene rings is 2. The molecule has 1 unspecified atom stereocenters. The van der Waals surface area contributed by atoms with Crippen molar-refractivity contribution in [3.05, 3.63) is 59.2 Å². The summed E-state index contributed by atoms with van der Waals surface area (Å²) < 4.78 is 5.83. The largest absolute Gasteiger partial charge is 0.376 e. The van der Waals surface area contributed by atoms with Gasteiger partial charge in [0.05, 0.1) is 6.10 Å². The average molecular weight is 349 g/mol. The van der Waals surface area contributed by atoms with Crippen molar-refractivity contribution in [2.45, 2.75) is 32.3 Å². The molecule has 0 aromatic heterocycles. The van der Waals surface area contributed by atoms with Gasteiger partial charge in [0, 0.05) is 36.4 Å². The second-order valence-electron chi connectivity index (χ2n) is 7.02. The molecule has 1 atom stereocenters. The Morgan fingerprint density at radius 2 is 1.88 bits per heavy atom. The number of carbonyl (C=O) groups excluding carboxylic acids is 2. The standard InChI is InChI=1S/C22H23NO3/c1-2-12-26-16-6-5-11-23(14-16)22(25)15-9-10-18-17-7-3-4-8-19(17)21(24)20(18)13-15/h3-4,7-10,13,16H,2,5-6,11-12,14H2,1H3. The van der Waals surface area contributed by atoms with E-state index < -0.39 is 0 Å². The molecule has 2 aliphatic rings. The molecule has 4 nitrogen and oxygen atoms in total. The molecule has 4 heteroatoms. The van der Waals surface area contributed by atoms with Crippen LogP contribution in [0.25, 0.3) is 11.1 Å². The topological polar surface area (TPSA) is 46.6 Å². The van der Waals surface area contributed by atoms with Crippen LogP contribution >= 0.6 is 0 Å². The molecule has 1 aliphatic carbocycles. The number of hydrogen-bond donors (Lipinski definition) is 0. The highest BCUT2D eigenvalue weighted by Gasteiger charge is 2.29. The number of ether oxygens (including phenoxy) is 1. The number of ketones is 1. The molecule has 1 aliphatic heterocycles. The van der Waals surface area contributed by atoms with Gasteiger partial charge < -0.3 is 9.64 Å². The minimum Gasteiger partial charge on any atom is -0.376 e. The molecule has 0 spiro atoms. The zero-order valence-corrected chi connectivity index (χ0v) is 15.0. The maximum atomic E-state index is 13.0. The monoisotopic (exact) mass is 349 g/mol. The molecule has 1 fully saturated rings. The minimum atomic E-state index is -0.0126. The molecule has 0 saturated carbocycles. The average Bonchev–Trinajstić information content (AvgIpc) is 2.98. The quantitative estimate of drug-likeness (QED) is 0.717. The first kappa shape index (κ1) is 17.0. The summed E-state index contributed by atoms with van der Waals surface area (Å²) in [5.74, 6) is -0.00518. The van der Waals surface area contributed by atoms with Crippen molar-refractivity contribution in [3.63, 3.8) is 0 Å². The van der Waals surface area contributed by atoms with Crippen LogP contribution in [-0.4, -0.2) is 42.4 Å². The van der Waals surface area contributed by atoms with Crippen molar-refractivity contribution in [1.82, 2.24) is 4.90 Å². The van der Waals surface area contributed by atoms with Gasteiger partial charge in [-0.1, -0.05) is 37.3 Å². The van der Waals surface area contributed by atoms with E-state index >= 15 is 0 Å². The number of hydrogen-bond acceptors (Lipinski definition) is 3. The van der Waals surface area contributed by atoms with E-state index in [-0.39, 0.29) is 17.8 Å². The van der Waals surface area contributed by atoms with E-state index in [1.54, 1.807) is 6.07 Å². The molecule has 1 heterocycles. The van der Waals surface area contributed by atoms with Crippen LogP contribution in [0.2, 0.25) is 0 Å². The second kappa shape index (κ2) is 7.04. The molecule has 2 aromatic rings. The van der Waals surface area contributed by atoms with Gasteiger partial charge in [-0.2, -0.15) is 0 Å². The van der Waals surface area contributed by atoms with Crippen LogP contribution in [0.15, 0.2) is 42.5 Å². The molecular weight excluding hydrogens is 326 g/mol. The van der Waals surface area contributed by atoms with Crippen molar-refractivity contribution in [1.29, 1.82) is 0 Å². The molecular formula is C22H23NO3. The van der Waals surface area contributed by atoms with Crippen molar-refractivity contribution < 1.29 is 14.3 Å². The van der Waals surface area contributed by atoms with Gasteiger partial charge in [-0.3, -0.25) is 9.59 Å². The Morgan fingerprint density at radius 1 is 1.12 bits per heavy atom. The van der Waals surface area contributed by atoms with Crippen LogP contribution in [0.4, 0.5) is 0 Å². The number of piperidine rings is 1. The third-order valence-electron chi connectivity index (χ3n) is 5.20. The van der Waals surface area contributed by atoms with E-state index in [0.717, 1.165) is 49.1 Å². The molecule has 26 heavy (non-hydrogen) atoms. The summed E-state index contributed by atoms with van der Waals surface area (Å²) in [6, 6.07) is 13.1. The third-order valence-corrected chi connectivity index (χ3v) is 5.20. The highest BCUT2D eigenvalue weighted by Crippen LogP contribution is 2.36. The molecule has 0 radical (unpaired) electrons. The molecule has 4 rings (SSSR count). The van der Waals surface area contributed by atoms with Crippen LogP contribution in [0.1, 0.15) is 52.5 Å². The lowest BCUT2D eigenvalue weighted by Gasteiger charge is -2.32. The summed E-state index contributed by atoms with van der Waals surface area (Å²) in [6.07, 6.45) is 3.06. The van der Waals surface area contributed by atoms with Gasteiger partial charge in [-0.05, 0) is 42.5 Å². The second-order valence-corrected chi connectivity index (χ2v) is 7.02. The van der Waals surface area contributed by atoms with E-state index in [4.69, 9.17) is 4.74 Å². The molecule has 0 bridgehead atoms. The fraction of sp³-hybridized carbons (Fsp3) is 0.364. The van der Waals surface area contributed by atoms with Gasteiger partial charge >= 0.3 is 0 Å². The predicted octanol–water partition coefficient (Wildman–Crippen LogP) is 3.93. The van der Waals surface area contributed by atoms with Gasteiger partial charge in [0.15, 0.2) is 5.78 Å². The number of likely N-dealkylation sites (tertiary alicyclic amines) is 1. The lowest BCUT2D eigenvalue weighted by molar-refractivity contribution is 0.00211. The fourth-order valence-corrected chi connectivity index (χ4v) is 3.89. The number of amides is 1. The molecule has 2 aromatic carbocycles. The van der Waals surface area contributed by atoms with Gasteiger partial charge in [-0.25, -0.2) is 0 Å². The lowest BCUT2D eigenvalue weighted by Crippen LogP contribution is -2.43. The lowest BCUT2D eigenvalue weighted by atomic mass is 10.0. The maximum Gasteiger partial charge on any atom is 0.253 e. The highest BCUT2D eigenvalue weighted by atomic mass is 16.5. The van der Waals surface area contributed by atoms with Crippen LogP contribution in [0.5, 0.6) is 0 Å². The van der Waals surface area contributed by atoms with Crippen molar-refractivity contribution in [2.24, 2.45) is 0 Å². The van der Waals surface area contributed by atoms with Crippen LogP contribution < -0.4 is 0 Å². The maximum absolute atomic E-state index is 13.0. The minimum absolute atomic E-state index is 0.00745. The highest BCUT2D eigenvalue weighted by molar-refractivity contribution is 6.22. The van der Waals surface area contributed by atoms with Crippen molar-refractivity contribution >= 4 is 11.7 Å². The summed E-state index contributed by atoms with van der Waals surface area (Å²) >= 11 is 0. The Kier molecular flexibility index (Phi) is 4.60. The van der Waals surface area contributed by atoms with Crippen LogP contribution in [0, 0.1) is 0 Å². The van der Waals surface area contributed by atoms with Gasteiger partial charge in [0.2, 0.25) is 0 Å². The van der Waals surface area contributed by atoms with E-state index in [0.29, 0.717) is 17.7 Å². The first-order chi connectivity index (χ1) is 12.7. The summed E-state index contributed by atoms with van der Waals surface area (Å²) in [4.78, 5) is 27.5. The van der Waals surface area contributed by atoms with Crippen molar-refractivity contribution in [2.75, 3.05) is 19.7 Å². The first-order valence-electron chi connectivity index (χ1n) is 9.38. The Balaban J connectivity index is 1.56. The van der Waals surface area contributed by atoms with E-state index in [2.05, 4.69) is 6.92 Å². The first-order valence-corrected chi connectivity index (χ1v) is 9.38. The zero-order chi connectivity index (χ0) is 18.1. The van der Waals surface area contributed by atoms with E-state index in [9.17, 15) is 9.59 Å². The normalized spacial score (nSPS) is 18.6. The zero-order valence-electron chi connectivity index (χ0n) is 15.0.